The smallest absolute Gasteiger partial charge is 0.256 e. The van der Waals surface area contributed by atoms with Crippen LogP contribution >= 0.6 is 0 Å². The third-order valence-electron chi connectivity index (χ3n) is 1.86. The molecule has 1 rings (SSSR count). The lowest BCUT2D eigenvalue weighted by Gasteiger charge is -2.04. The highest BCUT2D eigenvalue weighted by Crippen LogP contribution is 2.09. The Kier molecular flexibility index (Phi) is 3.99. The molecular weight excluding hydrogens is 186 g/mol. The van der Waals surface area contributed by atoms with E-state index in [0.717, 1.165) is 0 Å². The average molecular weight is 201 g/mol. The number of hydrogen-bond acceptors (Lipinski definition) is 6. The fourth-order valence-corrected chi connectivity index (χ4v) is 0.927. The van der Waals surface area contributed by atoms with Gasteiger partial charge >= 0.3 is 0 Å². The SMILES string of the molecule is COC(C)Cc1noc([C@@H](O)CN)n1. The van der Waals surface area contributed by atoms with E-state index >= 15 is 0 Å². The van der Waals surface area contributed by atoms with Crippen molar-refractivity contribution in [1.29, 1.82) is 0 Å². The average Bonchev–Trinajstić information content (AvgIpc) is 2.65. The Bertz CT molecular complexity index is 277. The molecule has 0 aromatic carbocycles. The zero-order chi connectivity index (χ0) is 10.6. The molecule has 0 amide bonds. The van der Waals surface area contributed by atoms with Crippen molar-refractivity contribution in [3.8, 4) is 0 Å². The topological polar surface area (TPSA) is 94.4 Å². The standard InChI is InChI=1S/C8H15N3O3/c1-5(13-2)3-7-10-8(14-11-7)6(12)4-9/h5-6,12H,3-4,9H2,1-2H3/t5?,6-/m0/s1. The van der Waals surface area contributed by atoms with Crippen LogP contribution < -0.4 is 5.73 Å². The molecule has 0 radical (unpaired) electrons. The zero-order valence-electron chi connectivity index (χ0n) is 8.30. The highest BCUT2D eigenvalue weighted by atomic mass is 16.5. The van der Waals surface area contributed by atoms with E-state index in [1.165, 1.54) is 0 Å². The first-order chi connectivity index (χ1) is 6.67. The van der Waals surface area contributed by atoms with Crippen molar-refractivity contribution >= 4 is 0 Å². The van der Waals surface area contributed by atoms with Crippen molar-refractivity contribution in [2.24, 2.45) is 5.73 Å². The molecule has 14 heavy (non-hydrogen) atoms. The molecule has 80 valence electrons. The zero-order valence-corrected chi connectivity index (χ0v) is 8.30. The van der Waals surface area contributed by atoms with Gasteiger partial charge in [-0.3, -0.25) is 0 Å². The van der Waals surface area contributed by atoms with Crippen LogP contribution in [0.4, 0.5) is 0 Å². The fraction of sp³-hybridized carbons (Fsp3) is 0.750. The number of aliphatic hydroxyl groups is 1. The van der Waals surface area contributed by atoms with Gasteiger partial charge in [-0.25, -0.2) is 0 Å². The van der Waals surface area contributed by atoms with Crippen LogP contribution in [0.15, 0.2) is 4.52 Å². The maximum Gasteiger partial charge on any atom is 0.256 e. The molecule has 0 spiro atoms. The van der Waals surface area contributed by atoms with E-state index in [4.69, 9.17) is 15.0 Å². The number of aliphatic hydroxyl groups excluding tert-OH is 1. The molecule has 2 atom stereocenters. The number of aromatic nitrogens is 2. The third-order valence-corrected chi connectivity index (χ3v) is 1.86. The van der Waals surface area contributed by atoms with Crippen LogP contribution in [0.1, 0.15) is 24.7 Å². The van der Waals surface area contributed by atoms with E-state index < -0.39 is 6.10 Å². The lowest BCUT2D eigenvalue weighted by molar-refractivity contribution is 0.116. The lowest BCUT2D eigenvalue weighted by Crippen LogP contribution is -2.12. The Balaban J connectivity index is 2.59. The maximum atomic E-state index is 9.28. The van der Waals surface area contributed by atoms with Crippen molar-refractivity contribution in [3.05, 3.63) is 11.7 Å². The van der Waals surface area contributed by atoms with Gasteiger partial charge in [0.25, 0.3) is 5.89 Å². The minimum absolute atomic E-state index is 0.0236. The third kappa shape index (κ3) is 2.76. The first-order valence-corrected chi connectivity index (χ1v) is 4.40. The molecule has 0 bridgehead atoms. The van der Waals surface area contributed by atoms with Crippen molar-refractivity contribution in [2.75, 3.05) is 13.7 Å². The summed E-state index contributed by atoms with van der Waals surface area (Å²) in [5, 5.41) is 13.0. The Morgan fingerprint density at radius 1 is 1.64 bits per heavy atom. The molecular formula is C8H15N3O3. The van der Waals surface area contributed by atoms with E-state index in [1.807, 2.05) is 6.92 Å². The van der Waals surface area contributed by atoms with Gasteiger partial charge < -0.3 is 20.1 Å². The van der Waals surface area contributed by atoms with Gasteiger partial charge in [-0.2, -0.15) is 4.98 Å². The van der Waals surface area contributed by atoms with Crippen LogP contribution in [0.25, 0.3) is 0 Å². The second-order valence-corrected chi connectivity index (χ2v) is 3.05. The van der Waals surface area contributed by atoms with Crippen LogP contribution in [0, 0.1) is 0 Å². The quantitative estimate of drug-likeness (QED) is 0.675. The summed E-state index contributed by atoms with van der Waals surface area (Å²) in [7, 11) is 1.61. The van der Waals surface area contributed by atoms with E-state index in [2.05, 4.69) is 10.1 Å². The van der Waals surface area contributed by atoms with Gasteiger partial charge in [0.2, 0.25) is 0 Å². The Hall–Kier alpha value is -0.980. The minimum Gasteiger partial charge on any atom is -0.382 e. The number of ether oxygens (including phenoxy) is 1. The van der Waals surface area contributed by atoms with Gasteiger partial charge in [0.05, 0.1) is 6.10 Å². The Labute approximate surface area is 82.1 Å². The number of nitrogens with zero attached hydrogens (tertiary/aromatic N) is 2. The molecule has 1 aromatic rings. The van der Waals surface area contributed by atoms with Gasteiger partial charge in [0, 0.05) is 20.1 Å². The van der Waals surface area contributed by atoms with Crippen LogP contribution in [0.5, 0.6) is 0 Å². The first-order valence-electron chi connectivity index (χ1n) is 4.40. The lowest BCUT2D eigenvalue weighted by atomic mass is 10.3. The second kappa shape index (κ2) is 5.04. The number of nitrogens with two attached hydrogens (primary N) is 1. The summed E-state index contributed by atoms with van der Waals surface area (Å²) in [4.78, 5) is 3.98. The highest BCUT2D eigenvalue weighted by Gasteiger charge is 2.15. The molecule has 6 heteroatoms. The predicted octanol–water partition coefficient (Wildman–Crippen LogP) is -0.361. The largest absolute Gasteiger partial charge is 0.382 e. The first kappa shape index (κ1) is 11.1. The Morgan fingerprint density at radius 3 is 2.93 bits per heavy atom. The summed E-state index contributed by atoms with van der Waals surface area (Å²) in [5.74, 6) is 0.674. The number of hydrogen-bond donors (Lipinski definition) is 2. The van der Waals surface area contributed by atoms with Gasteiger partial charge in [-0.05, 0) is 6.92 Å². The normalized spacial score (nSPS) is 15.4. The highest BCUT2D eigenvalue weighted by molar-refractivity contribution is 4.91. The van der Waals surface area contributed by atoms with Gasteiger partial charge in [0.15, 0.2) is 5.82 Å². The number of rotatable bonds is 5. The Morgan fingerprint density at radius 2 is 2.36 bits per heavy atom. The molecule has 0 aliphatic carbocycles. The van der Waals surface area contributed by atoms with Crippen LogP contribution in [-0.4, -0.2) is 35.0 Å². The molecule has 1 unspecified atom stereocenters. The van der Waals surface area contributed by atoms with Crippen LogP contribution in [-0.2, 0) is 11.2 Å². The molecule has 6 nitrogen and oxygen atoms in total. The van der Waals surface area contributed by atoms with E-state index in [9.17, 15) is 5.11 Å². The minimum atomic E-state index is -0.880. The molecule has 3 N–H and O–H groups in total. The van der Waals surface area contributed by atoms with Crippen LogP contribution in [0.3, 0.4) is 0 Å². The van der Waals surface area contributed by atoms with Crippen molar-refractivity contribution in [2.45, 2.75) is 25.6 Å². The fourth-order valence-electron chi connectivity index (χ4n) is 0.927. The summed E-state index contributed by atoms with van der Waals surface area (Å²) in [6.45, 7) is 1.97. The molecule has 0 aliphatic heterocycles. The van der Waals surface area contributed by atoms with E-state index in [1.54, 1.807) is 7.11 Å². The molecule has 0 aliphatic rings. The summed E-state index contributed by atoms with van der Waals surface area (Å²) >= 11 is 0. The van der Waals surface area contributed by atoms with Crippen molar-refractivity contribution in [3.63, 3.8) is 0 Å². The van der Waals surface area contributed by atoms with Crippen molar-refractivity contribution < 1.29 is 14.4 Å². The summed E-state index contributed by atoms with van der Waals surface area (Å²) < 4.78 is 9.86. The second-order valence-electron chi connectivity index (χ2n) is 3.05. The summed E-state index contributed by atoms with van der Waals surface area (Å²) in [6, 6.07) is 0. The van der Waals surface area contributed by atoms with Gasteiger partial charge in [-0.1, -0.05) is 5.16 Å². The molecule has 1 aromatic heterocycles. The van der Waals surface area contributed by atoms with E-state index in [0.29, 0.717) is 12.2 Å². The van der Waals surface area contributed by atoms with Gasteiger partial charge in [-0.15, -0.1) is 0 Å². The van der Waals surface area contributed by atoms with Crippen LogP contribution in [0.2, 0.25) is 0 Å². The number of methoxy groups -OCH3 is 1. The van der Waals surface area contributed by atoms with Crippen molar-refractivity contribution in [1.82, 2.24) is 10.1 Å². The molecule has 0 saturated carbocycles. The molecule has 1 heterocycles. The van der Waals surface area contributed by atoms with Gasteiger partial charge in [0.1, 0.15) is 6.10 Å². The maximum absolute atomic E-state index is 9.28. The predicted molar refractivity (Wildman–Crippen MR) is 48.5 cm³/mol. The molecule has 0 fully saturated rings. The monoisotopic (exact) mass is 201 g/mol. The summed E-state index contributed by atoms with van der Waals surface area (Å²) in [6.07, 6.45) is -0.304. The molecule has 0 saturated heterocycles. The summed E-state index contributed by atoms with van der Waals surface area (Å²) in [5.41, 5.74) is 5.24. The van der Waals surface area contributed by atoms with E-state index in [-0.39, 0.29) is 18.5 Å².